The van der Waals surface area contributed by atoms with Crippen molar-refractivity contribution in [2.75, 3.05) is 33.4 Å². The predicted molar refractivity (Wildman–Crippen MR) is 111 cm³/mol. The highest BCUT2D eigenvalue weighted by Crippen LogP contribution is 2.36. The second kappa shape index (κ2) is 10.7. The lowest BCUT2D eigenvalue weighted by molar-refractivity contribution is -0.149. The van der Waals surface area contributed by atoms with Gasteiger partial charge in [-0.25, -0.2) is 4.79 Å². The number of rotatable bonds is 7. The van der Waals surface area contributed by atoms with Gasteiger partial charge in [-0.3, -0.25) is 4.79 Å². The molecule has 30 heavy (non-hydrogen) atoms. The van der Waals surface area contributed by atoms with Crippen LogP contribution in [0.5, 0.6) is 11.5 Å². The highest BCUT2D eigenvalue weighted by Gasteiger charge is 2.32. The van der Waals surface area contributed by atoms with E-state index in [1.54, 1.807) is 24.3 Å². The Morgan fingerprint density at radius 3 is 2.77 bits per heavy atom. The van der Waals surface area contributed by atoms with Crippen molar-refractivity contribution >= 4 is 18.0 Å². The molecule has 1 heterocycles. The number of piperidine rings is 1. The summed E-state index contributed by atoms with van der Waals surface area (Å²) < 4.78 is 15.6. The molecular weight excluding hydrogens is 384 g/mol. The third kappa shape index (κ3) is 5.76. The van der Waals surface area contributed by atoms with Crippen molar-refractivity contribution in [2.45, 2.75) is 32.1 Å². The minimum Gasteiger partial charge on any atom is -0.493 e. The van der Waals surface area contributed by atoms with Gasteiger partial charge in [0, 0.05) is 19.2 Å². The molecule has 1 aromatic carbocycles. The number of ether oxygens (including phenoxy) is 3. The minimum atomic E-state index is -0.570. The SMILES string of the molecule is COc1cc(/C=C/C(=O)OCC(=O)N2CC[C@H]3CCCC[C@@H]3C2)ccc1OCC#N. The summed E-state index contributed by atoms with van der Waals surface area (Å²) in [7, 11) is 1.50. The fourth-order valence-electron chi connectivity index (χ4n) is 4.28. The van der Waals surface area contributed by atoms with E-state index in [0.717, 1.165) is 25.4 Å². The zero-order valence-electron chi connectivity index (χ0n) is 17.3. The maximum atomic E-state index is 12.4. The van der Waals surface area contributed by atoms with Gasteiger partial charge in [-0.15, -0.1) is 0 Å². The van der Waals surface area contributed by atoms with E-state index in [1.807, 2.05) is 11.0 Å². The predicted octanol–water partition coefficient (Wildman–Crippen LogP) is 3.19. The van der Waals surface area contributed by atoms with Crippen LogP contribution in [0.2, 0.25) is 0 Å². The minimum absolute atomic E-state index is 0.0790. The summed E-state index contributed by atoms with van der Waals surface area (Å²) >= 11 is 0. The normalized spacial score (nSPS) is 20.9. The molecule has 1 amide bonds. The Bertz CT molecular complexity index is 829. The van der Waals surface area contributed by atoms with E-state index in [2.05, 4.69) is 0 Å². The van der Waals surface area contributed by atoms with Crippen molar-refractivity contribution in [3.05, 3.63) is 29.8 Å². The summed E-state index contributed by atoms with van der Waals surface area (Å²) in [6, 6.07) is 6.99. The summed E-state index contributed by atoms with van der Waals surface area (Å²) in [5, 5.41) is 8.61. The lowest BCUT2D eigenvalue weighted by atomic mass is 9.75. The summed E-state index contributed by atoms with van der Waals surface area (Å²) in [5.74, 6) is 1.57. The lowest BCUT2D eigenvalue weighted by Crippen LogP contribution is -2.46. The second-order valence-electron chi connectivity index (χ2n) is 7.73. The van der Waals surface area contributed by atoms with Gasteiger partial charge in [0.2, 0.25) is 0 Å². The second-order valence-corrected chi connectivity index (χ2v) is 7.73. The molecule has 0 unspecified atom stereocenters. The Morgan fingerprint density at radius 2 is 2.00 bits per heavy atom. The Morgan fingerprint density at radius 1 is 1.20 bits per heavy atom. The monoisotopic (exact) mass is 412 g/mol. The fraction of sp³-hybridized carbons (Fsp3) is 0.522. The van der Waals surface area contributed by atoms with Crippen molar-refractivity contribution in [2.24, 2.45) is 11.8 Å². The number of amides is 1. The number of fused-ring (bicyclic) bond motifs is 1. The van der Waals surface area contributed by atoms with Crippen molar-refractivity contribution in [3.8, 4) is 17.6 Å². The number of hydrogen-bond acceptors (Lipinski definition) is 6. The number of nitrogens with zero attached hydrogens (tertiary/aromatic N) is 2. The van der Waals surface area contributed by atoms with E-state index in [4.69, 9.17) is 19.5 Å². The number of esters is 1. The van der Waals surface area contributed by atoms with Gasteiger partial charge in [0.1, 0.15) is 6.07 Å². The molecule has 1 aliphatic carbocycles. The van der Waals surface area contributed by atoms with Crippen LogP contribution in [0.15, 0.2) is 24.3 Å². The van der Waals surface area contributed by atoms with Crippen LogP contribution in [0.1, 0.15) is 37.7 Å². The van der Waals surface area contributed by atoms with E-state index in [1.165, 1.54) is 38.9 Å². The quantitative estimate of drug-likeness (QED) is 0.505. The summed E-state index contributed by atoms with van der Waals surface area (Å²) in [6.45, 7) is 1.24. The van der Waals surface area contributed by atoms with Gasteiger partial charge in [-0.2, -0.15) is 5.26 Å². The summed E-state index contributed by atoms with van der Waals surface area (Å²) in [6.07, 6.45) is 8.95. The Balaban J connectivity index is 1.47. The zero-order chi connectivity index (χ0) is 21.3. The van der Waals surface area contributed by atoms with Crippen molar-refractivity contribution in [1.82, 2.24) is 4.90 Å². The van der Waals surface area contributed by atoms with Crippen molar-refractivity contribution in [3.63, 3.8) is 0 Å². The van der Waals surface area contributed by atoms with Crippen LogP contribution in [0.4, 0.5) is 0 Å². The molecule has 0 N–H and O–H groups in total. The first-order valence-corrected chi connectivity index (χ1v) is 10.4. The standard InChI is InChI=1S/C23H28N2O5/c1-28-21-14-17(6-8-20(21)29-13-11-24)7-9-23(27)30-16-22(26)25-12-10-18-4-2-3-5-19(18)15-25/h6-9,14,18-19H,2-5,10,12-13,15-16H2,1H3/b9-7+/t18-,19-/m1/s1. The molecule has 1 saturated carbocycles. The van der Waals surface area contributed by atoms with Gasteiger partial charge in [0.25, 0.3) is 5.91 Å². The average Bonchev–Trinajstić information content (AvgIpc) is 2.79. The fourth-order valence-corrected chi connectivity index (χ4v) is 4.28. The highest BCUT2D eigenvalue weighted by molar-refractivity contribution is 5.89. The van der Waals surface area contributed by atoms with Crippen LogP contribution >= 0.6 is 0 Å². The maximum absolute atomic E-state index is 12.4. The maximum Gasteiger partial charge on any atom is 0.331 e. The van der Waals surface area contributed by atoms with Gasteiger partial charge in [-0.1, -0.05) is 25.3 Å². The van der Waals surface area contributed by atoms with Crippen molar-refractivity contribution < 1.29 is 23.8 Å². The number of carbonyl (C=O) groups is 2. The highest BCUT2D eigenvalue weighted by atomic mass is 16.5. The average molecular weight is 412 g/mol. The third-order valence-electron chi connectivity index (χ3n) is 5.87. The van der Waals surface area contributed by atoms with E-state index >= 15 is 0 Å². The van der Waals surface area contributed by atoms with Gasteiger partial charge in [0.15, 0.2) is 24.7 Å². The Kier molecular flexibility index (Phi) is 7.72. The molecule has 0 bridgehead atoms. The molecule has 1 saturated heterocycles. The first-order valence-electron chi connectivity index (χ1n) is 10.4. The number of carbonyl (C=O) groups excluding carboxylic acids is 2. The van der Waals surface area contributed by atoms with Crippen LogP contribution in [-0.4, -0.2) is 50.2 Å². The van der Waals surface area contributed by atoms with Crippen LogP contribution in [0, 0.1) is 23.2 Å². The summed E-state index contributed by atoms with van der Waals surface area (Å²) in [5.41, 5.74) is 0.707. The largest absolute Gasteiger partial charge is 0.493 e. The van der Waals surface area contributed by atoms with Crippen molar-refractivity contribution in [1.29, 1.82) is 5.26 Å². The van der Waals surface area contributed by atoms with Crippen LogP contribution in [0.3, 0.4) is 0 Å². The number of benzene rings is 1. The van der Waals surface area contributed by atoms with Crippen LogP contribution in [0.25, 0.3) is 6.08 Å². The number of likely N-dealkylation sites (tertiary alicyclic amines) is 1. The molecule has 3 rings (SSSR count). The summed E-state index contributed by atoms with van der Waals surface area (Å²) in [4.78, 5) is 26.3. The molecule has 7 heteroatoms. The van der Waals surface area contributed by atoms with Gasteiger partial charge >= 0.3 is 5.97 Å². The first-order chi connectivity index (χ1) is 14.6. The van der Waals surface area contributed by atoms with E-state index in [9.17, 15) is 9.59 Å². The van der Waals surface area contributed by atoms with E-state index in [0.29, 0.717) is 23.0 Å². The molecule has 0 aromatic heterocycles. The molecule has 160 valence electrons. The van der Waals surface area contributed by atoms with Crippen LogP contribution < -0.4 is 9.47 Å². The molecule has 0 radical (unpaired) electrons. The van der Waals surface area contributed by atoms with E-state index in [-0.39, 0.29) is 19.1 Å². The number of nitriles is 1. The smallest absolute Gasteiger partial charge is 0.331 e. The third-order valence-corrected chi connectivity index (χ3v) is 5.87. The van der Waals surface area contributed by atoms with Gasteiger partial charge in [0.05, 0.1) is 7.11 Å². The van der Waals surface area contributed by atoms with Crippen LogP contribution in [-0.2, 0) is 14.3 Å². The topological polar surface area (TPSA) is 88.9 Å². The molecule has 7 nitrogen and oxygen atoms in total. The Labute approximate surface area is 177 Å². The van der Waals surface area contributed by atoms with Gasteiger partial charge in [-0.05, 0) is 48.4 Å². The molecule has 2 atom stereocenters. The zero-order valence-corrected chi connectivity index (χ0v) is 17.3. The molecule has 1 aliphatic heterocycles. The molecule has 2 fully saturated rings. The number of methoxy groups -OCH3 is 1. The first kappa shape index (κ1) is 21.7. The lowest BCUT2D eigenvalue weighted by Gasteiger charge is -2.41. The Hall–Kier alpha value is -3.01. The molecule has 1 aromatic rings. The molecular formula is C23H28N2O5. The molecule has 2 aliphatic rings. The molecule has 0 spiro atoms. The van der Waals surface area contributed by atoms with E-state index < -0.39 is 5.97 Å². The number of hydrogen-bond donors (Lipinski definition) is 0. The van der Waals surface area contributed by atoms with Gasteiger partial charge < -0.3 is 19.1 Å².